The number of thiazole rings is 1. The first-order chi connectivity index (χ1) is 15.8. The van der Waals surface area contributed by atoms with Crippen LogP contribution in [0.5, 0.6) is 0 Å². The molecule has 0 aliphatic heterocycles. The summed E-state index contributed by atoms with van der Waals surface area (Å²) < 4.78 is 0. The van der Waals surface area contributed by atoms with Crippen molar-refractivity contribution in [3.8, 4) is 0 Å². The lowest BCUT2D eigenvalue weighted by atomic mass is 9.88. The molecule has 9 nitrogen and oxygen atoms in total. The molecule has 1 aliphatic rings. The molecule has 10 heteroatoms. The summed E-state index contributed by atoms with van der Waals surface area (Å²) in [6, 6.07) is 5.33. The second kappa shape index (κ2) is 9.22. The highest BCUT2D eigenvalue weighted by atomic mass is 32.1. The number of carbonyl (C=O) groups is 3. The lowest BCUT2D eigenvalue weighted by molar-refractivity contribution is -0.123. The number of fused-ring (bicyclic) bond motifs is 1. The predicted octanol–water partition coefficient (Wildman–Crippen LogP) is 3.58. The van der Waals surface area contributed by atoms with Crippen LogP contribution in [0.3, 0.4) is 0 Å². The van der Waals surface area contributed by atoms with Gasteiger partial charge in [-0.1, -0.05) is 19.3 Å². The minimum atomic E-state index is -0.664. The molecule has 1 fully saturated rings. The fourth-order valence-corrected chi connectivity index (χ4v) is 4.98. The van der Waals surface area contributed by atoms with Crippen LogP contribution < -0.4 is 20.9 Å². The van der Waals surface area contributed by atoms with E-state index in [1.54, 1.807) is 35.5 Å². The smallest absolute Gasteiger partial charge is 0.276 e. The maximum Gasteiger partial charge on any atom is 0.276 e. The summed E-state index contributed by atoms with van der Waals surface area (Å²) in [5.41, 5.74) is 7.38. The maximum absolute atomic E-state index is 12.9. The van der Waals surface area contributed by atoms with Crippen LogP contribution in [-0.4, -0.2) is 48.8 Å². The summed E-state index contributed by atoms with van der Waals surface area (Å²) in [5, 5.41) is 5.65. The molecule has 4 N–H and O–H groups in total. The highest BCUT2D eigenvalue weighted by Gasteiger charge is 2.26. The van der Waals surface area contributed by atoms with Crippen LogP contribution in [0.15, 0.2) is 23.6 Å². The van der Waals surface area contributed by atoms with Crippen LogP contribution in [0.25, 0.3) is 10.9 Å². The third kappa shape index (κ3) is 4.56. The Bertz CT molecular complexity index is 1210. The molecule has 0 bridgehead atoms. The number of nitrogens with zero attached hydrogens (tertiary/aromatic N) is 3. The molecule has 0 unspecified atom stereocenters. The van der Waals surface area contributed by atoms with Crippen molar-refractivity contribution in [2.45, 2.75) is 32.1 Å². The van der Waals surface area contributed by atoms with Gasteiger partial charge in [-0.25, -0.2) is 4.98 Å². The van der Waals surface area contributed by atoms with E-state index >= 15 is 0 Å². The average Bonchev–Trinajstić information content (AvgIpc) is 3.43. The van der Waals surface area contributed by atoms with Gasteiger partial charge in [-0.05, 0) is 31.0 Å². The summed E-state index contributed by atoms with van der Waals surface area (Å²) in [7, 11) is 5.46. The maximum atomic E-state index is 12.9. The van der Waals surface area contributed by atoms with Crippen molar-refractivity contribution in [3.63, 3.8) is 0 Å². The van der Waals surface area contributed by atoms with Gasteiger partial charge in [0.2, 0.25) is 5.91 Å². The Morgan fingerprint density at radius 2 is 1.88 bits per heavy atom. The zero-order valence-corrected chi connectivity index (χ0v) is 19.8. The van der Waals surface area contributed by atoms with E-state index in [1.807, 2.05) is 19.0 Å². The van der Waals surface area contributed by atoms with Gasteiger partial charge in [0.25, 0.3) is 11.8 Å². The number of H-pyrrole nitrogens is 1. The summed E-state index contributed by atoms with van der Waals surface area (Å²) in [4.78, 5) is 48.7. The highest BCUT2D eigenvalue weighted by molar-refractivity contribution is 7.13. The van der Waals surface area contributed by atoms with Gasteiger partial charge in [-0.15, -0.1) is 11.3 Å². The van der Waals surface area contributed by atoms with Gasteiger partial charge in [0, 0.05) is 49.0 Å². The van der Waals surface area contributed by atoms with Crippen LogP contribution in [0.2, 0.25) is 0 Å². The fourth-order valence-electron chi connectivity index (χ4n) is 4.25. The number of anilines is 3. The van der Waals surface area contributed by atoms with Crippen molar-refractivity contribution in [1.82, 2.24) is 9.97 Å². The highest BCUT2D eigenvalue weighted by Crippen LogP contribution is 2.32. The van der Waals surface area contributed by atoms with Crippen LogP contribution in [0.4, 0.5) is 16.6 Å². The van der Waals surface area contributed by atoms with E-state index < -0.39 is 11.8 Å². The van der Waals surface area contributed by atoms with Crippen molar-refractivity contribution in [3.05, 3.63) is 34.8 Å². The molecular formula is C23H28N6O3S. The SMILES string of the molecule is CN(C)c1nc(C(=O)Nc2[nH]c3cc(N(C)C(=O)C4CCCCC4)ccc3c2C(N)=O)cs1. The molecule has 1 saturated carbocycles. The lowest BCUT2D eigenvalue weighted by Crippen LogP contribution is -2.33. The minimum absolute atomic E-state index is 0.0456. The van der Waals surface area contributed by atoms with Gasteiger partial charge in [-0.3, -0.25) is 14.4 Å². The van der Waals surface area contributed by atoms with E-state index in [0.29, 0.717) is 21.7 Å². The van der Waals surface area contributed by atoms with Gasteiger partial charge >= 0.3 is 0 Å². The van der Waals surface area contributed by atoms with E-state index in [0.717, 1.165) is 25.7 Å². The van der Waals surface area contributed by atoms with Gasteiger partial charge in [0.05, 0.1) is 5.56 Å². The zero-order chi connectivity index (χ0) is 23.7. The Morgan fingerprint density at radius 3 is 2.52 bits per heavy atom. The van der Waals surface area contributed by atoms with E-state index in [-0.39, 0.29) is 28.9 Å². The van der Waals surface area contributed by atoms with Crippen molar-refractivity contribution in [2.75, 3.05) is 36.3 Å². The molecule has 3 amide bonds. The molecule has 1 aliphatic carbocycles. The summed E-state index contributed by atoms with van der Waals surface area (Å²) in [6.45, 7) is 0. The molecule has 4 rings (SSSR count). The molecule has 2 heterocycles. The van der Waals surface area contributed by atoms with E-state index in [4.69, 9.17) is 5.73 Å². The normalized spacial score (nSPS) is 14.3. The minimum Gasteiger partial charge on any atom is -0.365 e. The monoisotopic (exact) mass is 468 g/mol. The Morgan fingerprint density at radius 1 is 1.15 bits per heavy atom. The largest absolute Gasteiger partial charge is 0.365 e. The second-order valence-electron chi connectivity index (χ2n) is 8.57. The molecule has 0 atom stereocenters. The molecule has 174 valence electrons. The Hall–Kier alpha value is -3.40. The Kier molecular flexibility index (Phi) is 6.37. The number of benzene rings is 1. The van der Waals surface area contributed by atoms with E-state index in [9.17, 15) is 14.4 Å². The molecule has 0 spiro atoms. The van der Waals surface area contributed by atoms with Crippen molar-refractivity contribution < 1.29 is 14.4 Å². The molecular weight excluding hydrogens is 440 g/mol. The van der Waals surface area contributed by atoms with Crippen LogP contribution >= 0.6 is 11.3 Å². The number of rotatable bonds is 6. The van der Waals surface area contributed by atoms with Crippen molar-refractivity contribution in [2.24, 2.45) is 11.7 Å². The fraction of sp³-hybridized carbons (Fsp3) is 0.391. The molecule has 0 radical (unpaired) electrons. The van der Waals surface area contributed by atoms with Gasteiger partial charge < -0.3 is 25.8 Å². The first-order valence-electron chi connectivity index (χ1n) is 10.9. The number of hydrogen-bond acceptors (Lipinski definition) is 6. The van der Waals surface area contributed by atoms with Crippen molar-refractivity contribution in [1.29, 1.82) is 0 Å². The average molecular weight is 469 g/mol. The topological polar surface area (TPSA) is 124 Å². The molecule has 1 aromatic carbocycles. The number of nitrogens with one attached hydrogen (secondary N) is 2. The Balaban J connectivity index is 1.62. The number of primary amides is 1. The van der Waals surface area contributed by atoms with Crippen molar-refractivity contribution >= 4 is 56.6 Å². The molecule has 2 aromatic heterocycles. The summed E-state index contributed by atoms with van der Waals surface area (Å²) in [6.07, 6.45) is 5.19. The van der Waals surface area contributed by atoms with Crippen LogP contribution in [-0.2, 0) is 4.79 Å². The molecule has 0 saturated heterocycles. The van der Waals surface area contributed by atoms with Gasteiger partial charge in [0.1, 0.15) is 11.5 Å². The van der Waals surface area contributed by atoms with Gasteiger partial charge in [0.15, 0.2) is 5.13 Å². The lowest BCUT2D eigenvalue weighted by Gasteiger charge is -2.26. The summed E-state index contributed by atoms with van der Waals surface area (Å²) >= 11 is 1.35. The number of aromatic amines is 1. The van der Waals surface area contributed by atoms with Gasteiger partial charge in [-0.2, -0.15) is 0 Å². The number of aromatic nitrogens is 2. The second-order valence-corrected chi connectivity index (χ2v) is 9.40. The zero-order valence-electron chi connectivity index (χ0n) is 19.0. The Labute approximate surface area is 196 Å². The van der Waals surface area contributed by atoms with Crippen LogP contribution in [0, 0.1) is 5.92 Å². The third-order valence-electron chi connectivity index (χ3n) is 6.05. The number of amides is 3. The quantitative estimate of drug-likeness (QED) is 0.510. The molecule has 3 aromatic rings. The standard InChI is InChI=1S/C23H28N6O3S/c1-28(2)23-26-17(12-33-23)21(31)27-20-18(19(24)30)15-10-9-14(11-16(15)25-20)29(3)22(32)13-7-5-4-6-8-13/h9-13,25H,4-8H2,1-3H3,(H2,24,30)(H,27,31). The third-order valence-corrected chi connectivity index (χ3v) is 7.06. The number of hydrogen-bond donors (Lipinski definition) is 3. The summed E-state index contributed by atoms with van der Waals surface area (Å²) in [5.74, 6) is -0.754. The predicted molar refractivity (Wildman–Crippen MR) is 131 cm³/mol. The van der Waals surface area contributed by atoms with E-state index in [1.165, 1.54) is 17.8 Å². The number of carbonyl (C=O) groups excluding carboxylic acids is 3. The number of nitrogens with two attached hydrogens (primary N) is 1. The molecule has 33 heavy (non-hydrogen) atoms. The first-order valence-corrected chi connectivity index (χ1v) is 11.8. The van der Waals surface area contributed by atoms with Crippen LogP contribution in [0.1, 0.15) is 53.0 Å². The van der Waals surface area contributed by atoms with E-state index in [2.05, 4.69) is 15.3 Å². The first kappa shape index (κ1) is 22.8.